The second-order valence-corrected chi connectivity index (χ2v) is 7.97. The van der Waals surface area contributed by atoms with Crippen molar-refractivity contribution in [3.05, 3.63) is 81.1 Å². The number of nitrogens with zero attached hydrogens (tertiary/aromatic N) is 3. The first-order chi connectivity index (χ1) is 14.8. The minimum Gasteiger partial charge on any atom is -0.326 e. The number of carbonyl (C=O) groups excluding carboxylic acids is 1. The van der Waals surface area contributed by atoms with Gasteiger partial charge in [-0.3, -0.25) is 14.8 Å². The molecule has 162 valence electrons. The summed E-state index contributed by atoms with van der Waals surface area (Å²) in [6.45, 7) is 11.2. The van der Waals surface area contributed by atoms with Gasteiger partial charge in [0.15, 0.2) is 0 Å². The first-order valence-corrected chi connectivity index (χ1v) is 10.6. The number of anilines is 1. The van der Waals surface area contributed by atoms with Crippen LogP contribution in [0, 0.1) is 27.7 Å². The first-order valence-electron chi connectivity index (χ1n) is 10.3. The van der Waals surface area contributed by atoms with Gasteiger partial charge in [-0.05, 0) is 70.5 Å². The van der Waals surface area contributed by atoms with Crippen molar-refractivity contribution in [3.8, 4) is 0 Å². The van der Waals surface area contributed by atoms with E-state index < -0.39 is 0 Å². The van der Waals surface area contributed by atoms with Crippen LogP contribution in [0.2, 0.25) is 5.02 Å². The van der Waals surface area contributed by atoms with Gasteiger partial charge in [-0.2, -0.15) is 5.10 Å². The number of halogens is 1. The molecule has 1 aromatic heterocycles. The molecule has 3 rings (SSSR count). The van der Waals surface area contributed by atoms with Crippen molar-refractivity contribution < 1.29 is 4.79 Å². The summed E-state index contributed by atoms with van der Waals surface area (Å²) in [5.74, 6) is 0.152. The molecule has 0 saturated heterocycles. The number of rotatable bonds is 5. The molecule has 6 nitrogen and oxygen atoms in total. The number of aliphatic imine (C=N–C) groups is 1. The number of aryl methyl sites for hydroxylation is 4. The Balaban J connectivity index is 1.90. The molecule has 31 heavy (non-hydrogen) atoms. The molecule has 0 saturated carbocycles. The number of guanidine groups is 1. The highest BCUT2D eigenvalue weighted by Crippen LogP contribution is 2.20. The third-order valence-corrected chi connectivity index (χ3v) is 5.41. The highest BCUT2D eigenvalue weighted by Gasteiger charge is 2.13. The van der Waals surface area contributed by atoms with Gasteiger partial charge in [0.2, 0.25) is 5.96 Å². The van der Waals surface area contributed by atoms with Gasteiger partial charge >= 0.3 is 0 Å². The van der Waals surface area contributed by atoms with Crippen LogP contribution in [-0.4, -0.2) is 21.6 Å². The monoisotopic (exact) mass is 437 g/mol. The van der Waals surface area contributed by atoms with Gasteiger partial charge in [-0.15, -0.1) is 0 Å². The summed E-state index contributed by atoms with van der Waals surface area (Å²) in [5, 5.41) is 11.4. The molecule has 1 heterocycles. The maximum Gasteiger partial charge on any atom is 0.257 e. The Hall–Kier alpha value is -3.12. The molecule has 0 bridgehead atoms. The molecule has 0 unspecified atom stereocenters. The maximum absolute atomic E-state index is 12.9. The van der Waals surface area contributed by atoms with Crippen molar-refractivity contribution in [2.45, 2.75) is 47.7 Å². The van der Waals surface area contributed by atoms with E-state index in [1.54, 1.807) is 12.1 Å². The molecule has 0 fully saturated rings. The van der Waals surface area contributed by atoms with Gasteiger partial charge in [0.1, 0.15) is 0 Å². The van der Waals surface area contributed by atoms with Crippen molar-refractivity contribution >= 4 is 29.2 Å². The number of hydrogen-bond acceptors (Lipinski definition) is 3. The van der Waals surface area contributed by atoms with Gasteiger partial charge in [-0.1, -0.05) is 29.3 Å². The van der Waals surface area contributed by atoms with E-state index in [4.69, 9.17) is 16.6 Å². The molecule has 0 aliphatic rings. The second-order valence-electron chi connectivity index (χ2n) is 7.54. The van der Waals surface area contributed by atoms with E-state index >= 15 is 0 Å². The zero-order valence-electron chi connectivity index (χ0n) is 18.6. The van der Waals surface area contributed by atoms with Crippen molar-refractivity contribution in [3.63, 3.8) is 0 Å². The van der Waals surface area contributed by atoms with Crippen LogP contribution in [0.5, 0.6) is 0 Å². The van der Waals surface area contributed by atoms with Gasteiger partial charge < -0.3 is 5.32 Å². The lowest BCUT2D eigenvalue weighted by atomic mass is 10.1. The van der Waals surface area contributed by atoms with E-state index in [0.717, 1.165) is 40.3 Å². The molecule has 0 radical (unpaired) electrons. The Morgan fingerprint density at radius 3 is 2.55 bits per heavy atom. The molecule has 7 heteroatoms. The highest BCUT2D eigenvalue weighted by atomic mass is 35.5. The van der Waals surface area contributed by atoms with E-state index in [-0.39, 0.29) is 5.91 Å². The quantitative estimate of drug-likeness (QED) is 0.426. The average molecular weight is 438 g/mol. The molecule has 0 aliphatic carbocycles. The van der Waals surface area contributed by atoms with E-state index in [9.17, 15) is 4.79 Å². The Bertz CT molecular complexity index is 1130. The van der Waals surface area contributed by atoms with Crippen LogP contribution in [0.1, 0.15) is 45.4 Å². The molecular weight excluding hydrogens is 410 g/mol. The van der Waals surface area contributed by atoms with Crippen LogP contribution >= 0.6 is 11.6 Å². The van der Waals surface area contributed by atoms with E-state index in [1.165, 1.54) is 0 Å². The molecule has 3 aromatic rings. The maximum atomic E-state index is 12.9. The zero-order valence-corrected chi connectivity index (χ0v) is 19.3. The molecule has 1 amide bonds. The Morgan fingerprint density at radius 1 is 1.13 bits per heavy atom. The van der Waals surface area contributed by atoms with E-state index in [1.807, 2.05) is 62.7 Å². The van der Waals surface area contributed by atoms with Crippen LogP contribution in [0.3, 0.4) is 0 Å². The predicted octanol–water partition coefficient (Wildman–Crippen LogP) is 5.19. The molecule has 2 N–H and O–H groups in total. The summed E-state index contributed by atoms with van der Waals surface area (Å²) < 4.78 is 1.96. The lowest BCUT2D eigenvalue weighted by Crippen LogP contribution is -2.36. The molecule has 0 spiro atoms. The summed E-state index contributed by atoms with van der Waals surface area (Å²) in [4.78, 5) is 17.6. The smallest absolute Gasteiger partial charge is 0.257 e. The standard InChI is InChI=1S/C24H28ClN5O/c1-6-30-18(5)21(17(4)29-30)14-26-24(27-22-11-10-20(25)13-16(22)3)28-23(31)19-9-7-8-15(2)12-19/h7-13H,6,14H2,1-5H3,(H2,26,27,28,31). The van der Waals surface area contributed by atoms with Crippen LogP contribution in [0.15, 0.2) is 47.5 Å². The van der Waals surface area contributed by atoms with Gasteiger partial charge in [0, 0.05) is 34.1 Å². The fraction of sp³-hybridized carbons (Fsp3) is 0.292. The highest BCUT2D eigenvalue weighted by molar-refractivity contribution is 6.30. The molecule has 2 aromatic carbocycles. The van der Waals surface area contributed by atoms with Crippen molar-refractivity contribution in [2.24, 2.45) is 4.99 Å². The first kappa shape index (κ1) is 22.6. The van der Waals surface area contributed by atoms with Crippen molar-refractivity contribution in [1.29, 1.82) is 0 Å². The Kier molecular flexibility index (Phi) is 7.13. The minimum absolute atomic E-state index is 0.223. The summed E-state index contributed by atoms with van der Waals surface area (Å²) in [6, 6.07) is 13.0. The van der Waals surface area contributed by atoms with Gasteiger partial charge in [0.25, 0.3) is 5.91 Å². The third kappa shape index (κ3) is 5.52. The van der Waals surface area contributed by atoms with E-state index in [0.29, 0.717) is 23.1 Å². The Morgan fingerprint density at radius 2 is 1.90 bits per heavy atom. The van der Waals surface area contributed by atoms with Gasteiger partial charge in [-0.25, -0.2) is 4.99 Å². The normalized spacial score (nSPS) is 11.5. The third-order valence-electron chi connectivity index (χ3n) is 5.18. The lowest BCUT2D eigenvalue weighted by Gasteiger charge is -2.14. The summed E-state index contributed by atoms with van der Waals surface area (Å²) in [6.07, 6.45) is 0. The molecule has 0 atom stereocenters. The molecular formula is C24H28ClN5O. The lowest BCUT2D eigenvalue weighted by molar-refractivity contribution is 0.0977. The summed E-state index contributed by atoms with van der Waals surface area (Å²) in [7, 11) is 0. The fourth-order valence-corrected chi connectivity index (χ4v) is 3.63. The summed E-state index contributed by atoms with van der Waals surface area (Å²) >= 11 is 6.09. The van der Waals surface area contributed by atoms with Crippen LogP contribution in [-0.2, 0) is 13.1 Å². The largest absolute Gasteiger partial charge is 0.326 e. The van der Waals surface area contributed by atoms with Crippen LogP contribution in [0.4, 0.5) is 5.69 Å². The minimum atomic E-state index is -0.223. The fourth-order valence-electron chi connectivity index (χ4n) is 3.40. The van der Waals surface area contributed by atoms with Crippen molar-refractivity contribution in [2.75, 3.05) is 5.32 Å². The SMILES string of the molecule is CCn1nc(C)c(CN=C(NC(=O)c2cccc(C)c2)Nc2ccc(Cl)cc2C)c1C. The van der Waals surface area contributed by atoms with Gasteiger partial charge in [0.05, 0.1) is 12.2 Å². The van der Waals surface area contributed by atoms with Crippen molar-refractivity contribution in [1.82, 2.24) is 15.1 Å². The Labute approximate surface area is 188 Å². The average Bonchev–Trinajstić information content (AvgIpc) is 3.01. The zero-order chi connectivity index (χ0) is 22.5. The number of benzene rings is 2. The van der Waals surface area contributed by atoms with Crippen LogP contribution in [0.25, 0.3) is 0 Å². The topological polar surface area (TPSA) is 71.3 Å². The second kappa shape index (κ2) is 9.79. The summed E-state index contributed by atoms with van der Waals surface area (Å²) in [5.41, 5.74) is 6.45. The number of carbonyl (C=O) groups is 1. The number of amides is 1. The predicted molar refractivity (Wildman–Crippen MR) is 127 cm³/mol. The van der Waals surface area contributed by atoms with Crippen LogP contribution < -0.4 is 10.6 Å². The number of hydrogen-bond donors (Lipinski definition) is 2. The van der Waals surface area contributed by atoms with E-state index in [2.05, 4.69) is 22.7 Å². The molecule has 0 aliphatic heterocycles. The number of aromatic nitrogens is 2. The number of nitrogens with one attached hydrogen (secondary N) is 2.